The molecule has 1 N–H and O–H groups in total. The molecule has 1 aromatic heterocycles. The van der Waals surface area contributed by atoms with E-state index in [0.29, 0.717) is 21.2 Å². The van der Waals surface area contributed by atoms with Gasteiger partial charge >= 0.3 is 12.0 Å². The fraction of sp³-hybridized carbons (Fsp3) is 0.105. The summed E-state index contributed by atoms with van der Waals surface area (Å²) in [6.07, 6.45) is 0. The van der Waals surface area contributed by atoms with Crippen molar-refractivity contribution in [3.8, 4) is 34.6 Å². The lowest BCUT2D eigenvalue weighted by Gasteiger charge is -2.13. The molecule has 0 aliphatic rings. The van der Waals surface area contributed by atoms with E-state index in [9.17, 15) is 9.90 Å². The maximum absolute atomic E-state index is 12.0. The van der Waals surface area contributed by atoms with Crippen molar-refractivity contribution >= 4 is 29.2 Å². The zero-order valence-corrected chi connectivity index (χ0v) is 16.3. The summed E-state index contributed by atoms with van der Waals surface area (Å²) in [6, 6.07) is 10.9. The van der Waals surface area contributed by atoms with Gasteiger partial charge < -0.3 is 19.3 Å². The summed E-state index contributed by atoms with van der Waals surface area (Å²) in [6.45, 7) is 0. The Bertz CT molecular complexity index is 1020. The molecule has 9 heteroatoms. The van der Waals surface area contributed by atoms with Crippen LogP contribution in [0.4, 0.5) is 0 Å². The van der Waals surface area contributed by atoms with Gasteiger partial charge in [0, 0.05) is 21.2 Å². The molecule has 0 amide bonds. The van der Waals surface area contributed by atoms with Crippen LogP contribution < -0.4 is 14.2 Å². The second kappa shape index (κ2) is 8.33. The number of rotatable bonds is 6. The van der Waals surface area contributed by atoms with Crippen molar-refractivity contribution in [2.24, 2.45) is 0 Å². The minimum Gasteiger partial charge on any atom is -0.481 e. The number of carbonyl (C=O) groups is 1. The summed E-state index contributed by atoms with van der Waals surface area (Å²) < 4.78 is 15.8. The first-order chi connectivity index (χ1) is 13.4. The molecular weight excluding hydrogens is 407 g/mol. The van der Waals surface area contributed by atoms with Gasteiger partial charge in [-0.1, -0.05) is 41.4 Å². The Kier molecular flexibility index (Phi) is 5.87. The number of halogens is 2. The topological polar surface area (TPSA) is 90.8 Å². The van der Waals surface area contributed by atoms with Gasteiger partial charge in [-0.2, -0.15) is 9.97 Å². The van der Waals surface area contributed by atoms with Gasteiger partial charge in [-0.05, 0) is 18.2 Å². The van der Waals surface area contributed by atoms with Gasteiger partial charge in [-0.25, -0.2) is 4.79 Å². The molecular formula is C19H14Cl2N2O5. The molecule has 0 aliphatic heterocycles. The number of hydrogen-bond acceptors (Lipinski definition) is 6. The van der Waals surface area contributed by atoms with Crippen LogP contribution in [0.5, 0.6) is 23.5 Å². The molecule has 0 spiro atoms. The van der Waals surface area contributed by atoms with Crippen molar-refractivity contribution in [1.82, 2.24) is 9.97 Å². The minimum absolute atomic E-state index is 0.0336. The van der Waals surface area contributed by atoms with E-state index in [-0.39, 0.29) is 29.1 Å². The second-order valence-corrected chi connectivity index (χ2v) is 6.29. The van der Waals surface area contributed by atoms with Crippen molar-refractivity contribution in [2.75, 3.05) is 14.2 Å². The number of carboxylic acids is 1. The Morgan fingerprint density at radius 2 is 1.64 bits per heavy atom. The van der Waals surface area contributed by atoms with Gasteiger partial charge in [0.2, 0.25) is 11.8 Å². The third-order valence-corrected chi connectivity index (χ3v) is 4.29. The molecule has 0 fully saturated rings. The Morgan fingerprint density at radius 3 is 2.21 bits per heavy atom. The van der Waals surface area contributed by atoms with E-state index < -0.39 is 5.97 Å². The van der Waals surface area contributed by atoms with E-state index in [1.165, 1.54) is 32.4 Å². The Labute approximate surface area is 170 Å². The van der Waals surface area contributed by atoms with E-state index >= 15 is 0 Å². The molecule has 28 heavy (non-hydrogen) atoms. The normalized spacial score (nSPS) is 10.4. The summed E-state index contributed by atoms with van der Waals surface area (Å²) in [4.78, 5) is 20.1. The molecule has 0 atom stereocenters. The van der Waals surface area contributed by atoms with Gasteiger partial charge in [-0.15, -0.1) is 0 Å². The van der Waals surface area contributed by atoms with Crippen LogP contribution >= 0.6 is 23.2 Å². The molecule has 2 aromatic carbocycles. The highest BCUT2D eigenvalue weighted by Crippen LogP contribution is 2.37. The number of methoxy groups -OCH3 is 2. The summed E-state index contributed by atoms with van der Waals surface area (Å²) in [7, 11) is 2.86. The maximum atomic E-state index is 12.0. The number of aromatic nitrogens is 2. The van der Waals surface area contributed by atoms with Crippen molar-refractivity contribution in [3.05, 3.63) is 58.1 Å². The maximum Gasteiger partial charge on any atom is 0.340 e. The molecule has 0 bridgehead atoms. The quantitative estimate of drug-likeness (QED) is 0.602. The highest BCUT2D eigenvalue weighted by Gasteiger charge is 2.21. The number of hydrogen-bond donors (Lipinski definition) is 1. The van der Waals surface area contributed by atoms with Crippen LogP contribution in [-0.4, -0.2) is 35.3 Å². The fourth-order valence-electron chi connectivity index (χ4n) is 2.51. The standard InChI is InChI=1S/C19H14Cl2N2O5/c1-26-15-9-16(27-2)23-19(22-15)28-14-5-3-4-12(17(14)18(24)25)11-7-6-10(20)8-13(11)21/h3-9H,1-2H3,(H,24,25). The van der Waals surface area contributed by atoms with E-state index in [1.54, 1.807) is 24.3 Å². The molecule has 144 valence electrons. The Balaban J connectivity index is 2.11. The molecule has 0 saturated carbocycles. The smallest absolute Gasteiger partial charge is 0.340 e. The number of carboxylic acid groups (broad SMARTS) is 1. The molecule has 0 unspecified atom stereocenters. The van der Waals surface area contributed by atoms with E-state index in [4.69, 9.17) is 37.4 Å². The zero-order valence-electron chi connectivity index (χ0n) is 14.8. The summed E-state index contributed by atoms with van der Waals surface area (Å²) in [5, 5.41) is 10.5. The fourth-order valence-corrected chi connectivity index (χ4v) is 3.02. The highest BCUT2D eigenvalue weighted by atomic mass is 35.5. The molecule has 3 aromatic rings. The molecule has 7 nitrogen and oxygen atoms in total. The molecule has 3 rings (SSSR count). The van der Waals surface area contributed by atoms with Crippen molar-refractivity contribution < 1.29 is 24.1 Å². The van der Waals surface area contributed by atoms with Crippen LogP contribution in [0, 0.1) is 0 Å². The lowest BCUT2D eigenvalue weighted by Crippen LogP contribution is -2.05. The summed E-state index contributed by atoms with van der Waals surface area (Å²) in [5.74, 6) is -0.760. The van der Waals surface area contributed by atoms with Crippen LogP contribution in [-0.2, 0) is 0 Å². The van der Waals surface area contributed by atoms with Crippen molar-refractivity contribution in [1.29, 1.82) is 0 Å². The van der Waals surface area contributed by atoms with Crippen LogP contribution in [0.1, 0.15) is 10.4 Å². The lowest BCUT2D eigenvalue weighted by atomic mass is 9.99. The second-order valence-electron chi connectivity index (χ2n) is 5.45. The first-order valence-electron chi connectivity index (χ1n) is 7.89. The molecule has 0 radical (unpaired) electrons. The average Bonchev–Trinajstić information content (AvgIpc) is 2.67. The van der Waals surface area contributed by atoms with E-state index in [2.05, 4.69) is 9.97 Å². The van der Waals surface area contributed by atoms with Crippen LogP contribution in [0.2, 0.25) is 10.0 Å². The van der Waals surface area contributed by atoms with Crippen LogP contribution in [0.15, 0.2) is 42.5 Å². The highest BCUT2D eigenvalue weighted by molar-refractivity contribution is 6.36. The first kappa shape index (κ1) is 19.7. The van der Waals surface area contributed by atoms with Crippen molar-refractivity contribution in [2.45, 2.75) is 0 Å². The predicted molar refractivity (Wildman–Crippen MR) is 104 cm³/mol. The van der Waals surface area contributed by atoms with E-state index in [0.717, 1.165) is 0 Å². The largest absolute Gasteiger partial charge is 0.481 e. The SMILES string of the molecule is COc1cc(OC)nc(Oc2cccc(-c3ccc(Cl)cc3Cl)c2C(=O)O)n1. The number of nitrogens with zero attached hydrogens (tertiary/aromatic N) is 2. The molecule has 1 heterocycles. The lowest BCUT2D eigenvalue weighted by molar-refractivity contribution is 0.0695. The van der Waals surface area contributed by atoms with Gasteiger partial charge in [0.05, 0.1) is 20.3 Å². The van der Waals surface area contributed by atoms with Gasteiger partial charge in [0.1, 0.15) is 11.3 Å². The summed E-state index contributed by atoms with van der Waals surface area (Å²) >= 11 is 12.2. The number of aromatic carboxylic acids is 1. The number of benzene rings is 2. The average molecular weight is 421 g/mol. The zero-order chi connectivity index (χ0) is 20.3. The molecule has 0 saturated heterocycles. The van der Waals surface area contributed by atoms with Crippen LogP contribution in [0.3, 0.4) is 0 Å². The van der Waals surface area contributed by atoms with Crippen molar-refractivity contribution in [3.63, 3.8) is 0 Å². The van der Waals surface area contributed by atoms with Gasteiger partial charge in [0.15, 0.2) is 0 Å². The summed E-state index contributed by atoms with van der Waals surface area (Å²) in [5.41, 5.74) is 0.761. The third-order valence-electron chi connectivity index (χ3n) is 3.74. The monoisotopic (exact) mass is 420 g/mol. The Morgan fingerprint density at radius 1 is 0.964 bits per heavy atom. The Hall–Kier alpha value is -3.03. The van der Waals surface area contributed by atoms with Crippen LogP contribution in [0.25, 0.3) is 11.1 Å². The first-order valence-corrected chi connectivity index (χ1v) is 8.65. The third kappa shape index (κ3) is 4.11. The van der Waals surface area contributed by atoms with Gasteiger partial charge in [-0.3, -0.25) is 0 Å². The minimum atomic E-state index is -1.20. The molecule has 0 aliphatic carbocycles. The predicted octanol–water partition coefficient (Wildman–Crippen LogP) is 4.96. The van der Waals surface area contributed by atoms with Gasteiger partial charge in [0.25, 0.3) is 0 Å². The van der Waals surface area contributed by atoms with E-state index in [1.807, 2.05) is 0 Å². The number of ether oxygens (including phenoxy) is 3.